The van der Waals surface area contributed by atoms with E-state index >= 15 is 0 Å². The molecular formula is C14H25Cl2N3O. The van der Waals surface area contributed by atoms with E-state index in [2.05, 4.69) is 4.98 Å². The number of hydrogen-bond acceptors (Lipinski definition) is 3. The van der Waals surface area contributed by atoms with Gasteiger partial charge in [0.1, 0.15) is 0 Å². The van der Waals surface area contributed by atoms with E-state index in [1.807, 2.05) is 33.0 Å². The van der Waals surface area contributed by atoms with Gasteiger partial charge in [0.05, 0.1) is 5.41 Å². The normalized spacial score (nSPS) is 10.2. The number of nitrogens with two attached hydrogens (primary N) is 1. The fourth-order valence-corrected chi connectivity index (χ4v) is 2.17. The topological polar surface area (TPSA) is 59.2 Å². The summed E-state index contributed by atoms with van der Waals surface area (Å²) in [6, 6.07) is 3.85. The van der Waals surface area contributed by atoms with Crippen LogP contribution < -0.4 is 5.73 Å². The molecule has 0 saturated carbocycles. The van der Waals surface area contributed by atoms with Crippen LogP contribution >= 0.6 is 24.8 Å². The molecule has 0 aromatic carbocycles. The molecule has 6 heteroatoms. The molecule has 1 amide bonds. The molecule has 0 aliphatic carbocycles. The Morgan fingerprint density at radius 3 is 2.35 bits per heavy atom. The van der Waals surface area contributed by atoms with Gasteiger partial charge < -0.3 is 10.6 Å². The van der Waals surface area contributed by atoms with Gasteiger partial charge in [-0.3, -0.25) is 9.78 Å². The Balaban J connectivity index is 0. The Kier molecular flexibility index (Phi) is 10.7. The summed E-state index contributed by atoms with van der Waals surface area (Å²) in [5.74, 6) is 0.124. The summed E-state index contributed by atoms with van der Waals surface area (Å²) in [7, 11) is 1.82. The zero-order chi connectivity index (χ0) is 13.6. The SMILES string of the molecule is CCC(CC)(CN)C(=O)N(C)Cc1cccnc1.Cl.Cl. The molecule has 0 radical (unpaired) electrons. The van der Waals surface area contributed by atoms with E-state index in [-0.39, 0.29) is 30.7 Å². The molecule has 116 valence electrons. The lowest BCUT2D eigenvalue weighted by molar-refractivity contribution is -0.141. The predicted molar refractivity (Wildman–Crippen MR) is 87.3 cm³/mol. The second kappa shape index (κ2) is 9.97. The second-order valence-electron chi connectivity index (χ2n) is 4.71. The van der Waals surface area contributed by atoms with Crippen LogP contribution in [0.2, 0.25) is 0 Å². The summed E-state index contributed by atoms with van der Waals surface area (Å²) in [6.45, 7) is 5.02. The minimum absolute atomic E-state index is 0. The molecule has 0 fully saturated rings. The maximum absolute atomic E-state index is 12.5. The van der Waals surface area contributed by atoms with Crippen LogP contribution in [-0.4, -0.2) is 29.4 Å². The molecule has 1 aromatic rings. The van der Waals surface area contributed by atoms with Gasteiger partial charge in [-0.05, 0) is 24.5 Å². The van der Waals surface area contributed by atoms with Crippen LogP contribution in [0, 0.1) is 5.41 Å². The van der Waals surface area contributed by atoms with Crippen molar-refractivity contribution in [1.82, 2.24) is 9.88 Å². The number of carbonyl (C=O) groups excluding carboxylic acids is 1. The maximum Gasteiger partial charge on any atom is 0.230 e. The van der Waals surface area contributed by atoms with Crippen molar-refractivity contribution in [3.63, 3.8) is 0 Å². The number of rotatable bonds is 6. The number of aromatic nitrogens is 1. The second-order valence-corrected chi connectivity index (χ2v) is 4.71. The number of nitrogens with zero attached hydrogens (tertiary/aromatic N) is 2. The van der Waals surface area contributed by atoms with Gasteiger partial charge in [0.15, 0.2) is 0 Å². The number of hydrogen-bond donors (Lipinski definition) is 1. The fraction of sp³-hybridized carbons (Fsp3) is 0.571. The first-order valence-corrected chi connectivity index (χ1v) is 6.44. The van der Waals surface area contributed by atoms with Crippen molar-refractivity contribution in [3.05, 3.63) is 30.1 Å². The predicted octanol–water partition coefficient (Wildman–Crippen LogP) is 2.65. The molecule has 1 aromatic heterocycles. The first kappa shape index (κ1) is 21.5. The van der Waals surface area contributed by atoms with Crippen molar-refractivity contribution in [1.29, 1.82) is 0 Å². The summed E-state index contributed by atoms with van der Waals surface area (Å²) in [6.07, 6.45) is 5.06. The Bertz CT molecular complexity index is 375. The van der Waals surface area contributed by atoms with Crippen LogP contribution in [0.5, 0.6) is 0 Å². The van der Waals surface area contributed by atoms with Gasteiger partial charge in [-0.25, -0.2) is 0 Å². The lowest BCUT2D eigenvalue weighted by Crippen LogP contribution is -2.45. The maximum atomic E-state index is 12.5. The van der Waals surface area contributed by atoms with Crippen LogP contribution in [0.15, 0.2) is 24.5 Å². The first-order valence-electron chi connectivity index (χ1n) is 6.44. The van der Waals surface area contributed by atoms with Crippen LogP contribution in [0.25, 0.3) is 0 Å². The zero-order valence-corrected chi connectivity index (χ0v) is 14.0. The molecule has 0 spiro atoms. The molecule has 0 aliphatic rings. The van der Waals surface area contributed by atoms with E-state index in [1.54, 1.807) is 17.3 Å². The Morgan fingerprint density at radius 1 is 1.35 bits per heavy atom. The van der Waals surface area contributed by atoms with Gasteiger partial charge in [0, 0.05) is 32.5 Å². The van der Waals surface area contributed by atoms with Gasteiger partial charge >= 0.3 is 0 Å². The third-order valence-corrected chi connectivity index (χ3v) is 3.69. The summed E-state index contributed by atoms with van der Waals surface area (Å²) in [4.78, 5) is 18.3. The van der Waals surface area contributed by atoms with Crippen molar-refractivity contribution >= 4 is 30.7 Å². The standard InChI is InChI=1S/C14H23N3O.2ClH/c1-4-14(5-2,11-15)13(18)17(3)10-12-7-6-8-16-9-12;;/h6-9H,4-5,10-11,15H2,1-3H3;2*1H. The minimum Gasteiger partial charge on any atom is -0.341 e. The molecule has 1 rings (SSSR count). The van der Waals surface area contributed by atoms with Gasteiger partial charge in [0.25, 0.3) is 0 Å². The molecule has 1 heterocycles. The highest BCUT2D eigenvalue weighted by atomic mass is 35.5. The van der Waals surface area contributed by atoms with Crippen molar-refractivity contribution in [2.45, 2.75) is 33.2 Å². The summed E-state index contributed by atoms with van der Waals surface area (Å²) < 4.78 is 0. The van der Waals surface area contributed by atoms with E-state index in [0.717, 1.165) is 18.4 Å². The molecule has 0 saturated heterocycles. The Labute approximate surface area is 134 Å². The van der Waals surface area contributed by atoms with Crippen molar-refractivity contribution < 1.29 is 4.79 Å². The summed E-state index contributed by atoms with van der Waals surface area (Å²) in [5.41, 5.74) is 6.42. The average Bonchev–Trinajstić information content (AvgIpc) is 2.42. The van der Waals surface area contributed by atoms with Crippen molar-refractivity contribution in [2.75, 3.05) is 13.6 Å². The highest BCUT2D eigenvalue weighted by molar-refractivity contribution is 5.85. The van der Waals surface area contributed by atoms with Gasteiger partial charge in [-0.15, -0.1) is 24.8 Å². The van der Waals surface area contributed by atoms with Gasteiger partial charge in [0.2, 0.25) is 5.91 Å². The molecule has 0 atom stereocenters. The Morgan fingerprint density at radius 2 is 1.95 bits per heavy atom. The Hall–Kier alpha value is -0.840. The van der Waals surface area contributed by atoms with Crippen molar-refractivity contribution in [3.8, 4) is 0 Å². The molecular weight excluding hydrogens is 297 g/mol. The van der Waals surface area contributed by atoms with E-state index in [0.29, 0.717) is 13.1 Å². The molecule has 0 bridgehead atoms. The number of halogens is 2. The fourth-order valence-electron chi connectivity index (χ4n) is 2.17. The van der Waals surface area contributed by atoms with E-state index in [4.69, 9.17) is 5.73 Å². The first-order chi connectivity index (χ1) is 8.59. The van der Waals surface area contributed by atoms with E-state index in [9.17, 15) is 4.79 Å². The van der Waals surface area contributed by atoms with Crippen LogP contribution in [0.1, 0.15) is 32.3 Å². The number of amides is 1. The average molecular weight is 322 g/mol. The summed E-state index contributed by atoms with van der Waals surface area (Å²) >= 11 is 0. The molecule has 20 heavy (non-hydrogen) atoms. The summed E-state index contributed by atoms with van der Waals surface area (Å²) in [5, 5.41) is 0. The monoisotopic (exact) mass is 321 g/mol. The lowest BCUT2D eigenvalue weighted by Gasteiger charge is -2.33. The quantitative estimate of drug-likeness (QED) is 0.876. The minimum atomic E-state index is -0.420. The third kappa shape index (κ3) is 4.93. The van der Waals surface area contributed by atoms with Gasteiger partial charge in [-0.2, -0.15) is 0 Å². The molecule has 4 nitrogen and oxygen atoms in total. The highest BCUT2D eigenvalue weighted by Crippen LogP contribution is 2.27. The number of carbonyl (C=O) groups is 1. The van der Waals surface area contributed by atoms with Crippen molar-refractivity contribution in [2.24, 2.45) is 11.1 Å². The van der Waals surface area contributed by atoms with E-state index < -0.39 is 5.41 Å². The lowest BCUT2D eigenvalue weighted by atomic mass is 9.81. The van der Waals surface area contributed by atoms with E-state index in [1.165, 1.54) is 0 Å². The largest absolute Gasteiger partial charge is 0.341 e. The highest BCUT2D eigenvalue weighted by Gasteiger charge is 2.35. The molecule has 2 N–H and O–H groups in total. The molecule has 0 unspecified atom stereocenters. The number of pyridine rings is 1. The zero-order valence-electron chi connectivity index (χ0n) is 12.3. The van der Waals surface area contributed by atoms with Crippen LogP contribution in [-0.2, 0) is 11.3 Å². The smallest absolute Gasteiger partial charge is 0.230 e. The molecule has 0 aliphatic heterocycles. The van der Waals surface area contributed by atoms with Crippen LogP contribution in [0.3, 0.4) is 0 Å². The van der Waals surface area contributed by atoms with Crippen LogP contribution in [0.4, 0.5) is 0 Å². The van der Waals surface area contributed by atoms with Gasteiger partial charge in [-0.1, -0.05) is 19.9 Å². The third-order valence-electron chi connectivity index (χ3n) is 3.69.